The van der Waals surface area contributed by atoms with Gasteiger partial charge in [0.05, 0.1) is 42.3 Å². The zero-order valence-electron chi connectivity index (χ0n) is 24.6. The number of hydrogen-bond acceptors (Lipinski definition) is 4. The number of morpholine rings is 1. The number of hydrogen-bond donors (Lipinski definition) is 0. The monoisotopic (exact) mass is 601 g/mol. The largest absolute Gasteiger partial charge is 0.496 e. The molecule has 2 amide bonds. The first kappa shape index (κ1) is 29.0. The van der Waals surface area contributed by atoms with Gasteiger partial charge in [0.2, 0.25) is 0 Å². The number of fused-ring (bicyclic) bond motifs is 1. The Kier molecular flexibility index (Phi) is 7.75. The lowest BCUT2D eigenvalue weighted by molar-refractivity contribution is 0.0303. The molecule has 6 rings (SSSR count). The fraction of sp³-hybridized carbons (Fsp3) is 0.294. The van der Waals surface area contributed by atoms with Gasteiger partial charge in [0.25, 0.3) is 11.8 Å². The fourth-order valence-corrected chi connectivity index (χ4v) is 6.25. The van der Waals surface area contributed by atoms with Gasteiger partial charge in [0, 0.05) is 35.9 Å². The highest BCUT2D eigenvalue weighted by Crippen LogP contribution is 2.47. The number of benzene rings is 3. The zero-order chi connectivity index (χ0) is 30.4. The zero-order valence-corrected chi connectivity index (χ0v) is 25.3. The maximum absolute atomic E-state index is 14.3. The van der Waals surface area contributed by atoms with Crippen LogP contribution >= 0.6 is 11.6 Å². The van der Waals surface area contributed by atoms with Crippen LogP contribution in [0.1, 0.15) is 63.5 Å². The summed E-state index contributed by atoms with van der Waals surface area (Å²) in [5.41, 5.74) is 5.88. The number of methoxy groups -OCH3 is 1. The summed E-state index contributed by atoms with van der Waals surface area (Å²) in [5.74, 6) is -0.245. The number of carbonyl (C=O) groups is 2. The lowest BCUT2D eigenvalue weighted by atomic mass is 10.0. The van der Waals surface area contributed by atoms with E-state index in [0.717, 1.165) is 28.1 Å². The molecule has 1 aromatic heterocycles. The van der Waals surface area contributed by atoms with E-state index in [4.69, 9.17) is 21.1 Å². The molecule has 4 aromatic rings. The van der Waals surface area contributed by atoms with Crippen LogP contribution < -0.4 is 9.64 Å². The van der Waals surface area contributed by atoms with Crippen LogP contribution in [0.2, 0.25) is 5.02 Å². The van der Waals surface area contributed by atoms with E-state index in [-0.39, 0.29) is 22.9 Å². The van der Waals surface area contributed by atoms with E-state index in [9.17, 15) is 14.0 Å². The minimum Gasteiger partial charge on any atom is -0.496 e. The van der Waals surface area contributed by atoms with Gasteiger partial charge in [0.15, 0.2) is 0 Å². The van der Waals surface area contributed by atoms with Crippen molar-refractivity contribution in [3.8, 4) is 17.0 Å². The number of rotatable bonds is 6. The van der Waals surface area contributed by atoms with Crippen molar-refractivity contribution in [2.75, 3.05) is 38.3 Å². The first-order chi connectivity index (χ1) is 20.7. The quantitative estimate of drug-likeness (QED) is 0.237. The van der Waals surface area contributed by atoms with Gasteiger partial charge in [-0.25, -0.2) is 4.39 Å². The van der Waals surface area contributed by atoms with Crippen molar-refractivity contribution in [1.82, 2.24) is 9.47 Å². The number of amides is 2. The summed E-state index contributed by atoms with van der Waals surface area (Å²) < 4.78 is 27.5. The van der Waals surface area contributed by atoms with Gasteiger partial charge in [-0.1, -0.05) is 41.4 Å². The van der Waals surface area contributed by atoms with Crippen molar-refractivity contribution in [3.05, 3.63) is 106 Å². The van der Waals surface area contributed by atoms with E-state index < -0.39 is 11.9 Å². The topological polar surface area (TPSA) is 64.0 Å². The molecule has 2 aliphatic rings. The van der Waals surface area contributed by atoms with Crippen LogP contribution in [-0.4, -0.2) is 54.7 Å². The van der Waals surface area contributed by atoms with E-state index in [0.29, 0.717) is 48.9 Å². The lowest BCUT2D eigenvalue weighted by Gasteiger charge is -2.29. The Balaban J connectivity index is 1.54. The maximum Gasteiger partial charge on any atom is 0.261 e. The molecule has 0 aliphatic carbocycles. The molecule has 7 nitrogen and oxygen atoms in total. The number of aryl methyl sites for hydroxylation is 1. The van der Waals surface area contributed by atoms with Crippen LogP contribution in [-0.2, 0) is 4.74 Å². The smallest absolute Gasteiger partial charge is 0.261 e. The van der Waals surface area contributed by atoms with Crippen LogP contribution in [0.3, 0.4) is 0 Å². The number of halogens is 2. The molecule has 1 fully saturated rings. The molecule has 0 saturated carbocycles. The van der Waals surface area contributed by atoms with Gasteiger partial charge in [-0.2, -0.15) is 0 Å². The molecule has 0 spiro atoms. The molecule has 3 heterocycles. The summed E-state index contributed by atoms with van der Waals surface area (Å²) in [6, 6.07) is 19.2. The minimum absolute atomic E-state index is 0.0524. The second-order valence-corrected chi connectivity index (χ2v) is 11.6. The van der Waals surface area contributed by atoms with Crippen molar-refractivity contribution in [3.63, 3.8) is 0 Å². The van der Waals surface area contributed by atoms with Gasteiger partial charge >= 0.3 is 0 Å². The Labute approximate surface area is 255 Å². The number of ether oxygens (including phenoxy) is 2. The summed E-state index contributed by atoms with van der Waals surface area (Å²) >= 11 is 6.19. The number of aromatic nitrogens is 1. The summed E-state index contributed by atoms with van der Waals surface area (Å²) in [6.45, 7) is 8.23. The third kappa shape index (κ3) is 5.08. The van der Waals surface area contributed by atoms with E-state index in [1.165, 1.54) is 12.1 Å². The molecule has 43 heavy (non-hydrogen) atoms. The Morgan fingerprint density at radius 3 is 2.37 bits per heavy atom. The van der Waals surface area contributed by atoms with E-state index in [2.05, 4.69) is 18.4 Å². The molecule has 222 valence electrons. The summed E-state index contributed by atoms with van der Waals surface area (Å²) in [5, 5.41) is -0.0524. The summed E-state index contributed by atoms with van der Waals surface area (Å²) in [4.78, 5) is 31.2. The Bertz CT molecular complexity index is 1710. The molecular weight excluding hydrogens is 569 g/mol. The Hall–Kier alpha value is -4.14. The first-order valence-corrected chi connectivity index (χ1v) is 14.7. The summed E-state index contributed by atoms with van der Waals surface area (Å²) in [6.07, 6.45) is 0. The molecule has 2 aliphatic heterocycles. The standard InChI is InChI=1S/C34H33ClFN3O4/c1-20(2)38-29(25-17-23(9-12-30(25)42-4)33(40)37-13-15-43-16-14-37)19-26-32(38)31(22-7-5-21(3)6-8-22)39(34(26)41)24-10-11-28(36)27(35)18-24/h5-12,17-20,31H,13-16H2,1-4H3. The molecule has 0 bridgehead atoms. The van der Waals surface area contributed by atoms with Crippen LogP contribution in [0, 0.1) is 12.7 Å². The number of nitrogens with zero attached hydrogens (tertiary/aromatic N) is 3. The highest BCUT2D eigenvalue weighted by molar-refractivity contribution is 6.31. The van der Waals surface area contributed by atoms with Gasteiger partial charge in [-0.15, -0.1) is 0 Å². The molecule has 9 heteroatoms. The second-order valence-electron chi connectivity index (χ2n) is 11.2. The molecule has 1 atom stereocenters. The van der Waals surface area contributed by atoms with Crippen molar-refractivity contribution < 1.29 is 23.5 Å². The van der Waals surface area contributed by atoms with Crippen LogP contribution in [0.25, 0.3) is 11.3 Å². The third-order valence-electron chi connectivity index (χ3n) is 8.15. The maximum atomic E-state index is 14.3. The molecule has 3 aromatic carbocycles. The molecular formula is C34H33ClFN3O4. The highest BCUT2D eigenvalue weighted by Gasteiger charge is 2.43. The van der Waals surface area contributed by atoms with E-state index in [1.807, 2.05) is 43.3 Å². The average Bonchev–Trinajstić information content (AvgIpc) is 3.54. The van der Waals surface area contributed by atoms with Crippen LogP contribution in [0.15, 0.2) is 66.7 Å². The van der Waals surface area contributed by atoms with Gasteiger partial charge in [-0.3, -0.25) is 14.5 Å². The third-order valence-corrected chi connectivity index (χ3v) is 8.44. The predicted molar refractivity (Wildman–Crippen MR) is 165 cm³/mol. The second kappa shape index (κ2) is 11.5. The predicted octanol–water partition coefficient (Wildman–Crippen LogP) is 7.07. The van der Waals surface area contributed by atoms with Crippen molar-refractivity contribution in [2.24, 2.45) is 0 Å². The van der Waals surface area contributed by atoms with Gasteiger partial charge in [0.1, 0.15) is 17.6 Å². The molecule has 1 unspecified atom stereocenters. The number of carbonyl (C=O) groups excluding carboxylic acids is 2. The van der Waals surface area contributed by atoms with E-state index >= 15 is 0 Å². The minimum atomic E-state index is -0.547. The molecule has 0 N–H and O–H groups in total. The average molecular weight is 602 g/mol. The normalized spacial score (nSPS) is 16.6. The van der Waals surface area contributed by atoms with Gasteiger partial charge < -0.3 is 18.9 Å². The lowest BCUT2D eigenvalue weighted by Crippen LogP contribution is -2.40. The highest BCUT2D eigenvalue weighted by atomic mass is 35.5. The van der Waals surface area contributed by atoms with Crippen molar-refractivity contribution >= 4 is 29.1 Å². The van der Waals surface area contributed by atoms with Crippen molar-refractivity contribution in [2.45, 2.75) is 32.9 Å². The Morgan fingerprint density at radius 1 is 1.00 bits per heavy atom. The first-order valence-electron chi connectivity index (χ1n) is 14.3. The fourth-order valence-electron chi connectivity index (χ4n) is 6.07. The van der Waals surface area contributed by atoms with Crippen LogP contribution in [0.4, 0.5) is 10.1 Å². The molecule has 1 saturated heterocycles. The SMILES string of the molecule is COc1ccc(C(=O)N2CCOCC2)cc1-c1cc2c(n1C(C)C)C(c1ccc(C)cc1)N(c1ccc(F)c(Cl)c1)C2=O. The van der Waals surface area contributed by atoms with Crippen LogP contribution in [0.5, 0.6) is 5.75 Å². The van der Waals surface area contributed by atoms with E-state index in [1.54, 1.807) is 35.1 Å². The molecule has 0 radical (unpaired) electrons. The Morgan fingerprint density at radius 2 is 1.72 bits per heavy atom. The van der Waals surface area contributed by atoms with Crippen molar-refractivity contribution in [1.29, 1.82) is 0 Å². The summed E-state index contributed by atoms with van der Waals surface area (Å²) in [7, 11) is 1.60. The van der Waals surface area contributed by atoms with Gasteiger partial charge in [-0.05, 0) is 68.8 Å². The number of anilines is 1.